The molecule has 100 valence electrons. The topological polar surface area (TPSA) is 28.2 Å². The van der Waals surface area contributed by atoms with Gasteiger partial charge in [0, 0.05) is 19.3 Å². The molecule has 0 saturated carbocycles. The van der Waals surface area contributed by atoms with Gasteiger partial charge in [-0.3, -0.25) is 0 Å². The second-order valence-corrected chi connectivity index (χ2v) is 5.96. The number of halogens is 2. The van der Waals surface area contributed by atoms with Crippen LogP contribution >= 0.6 is 27.5 Å². The van der Waals surface area contributed by atoms with Gasteiger partial charge < -0.3 is 10.2 Å². The van der Waals surface area contributed by atoms with Gasteiger partial charge in [-0.25, -0.2) is 4.98 Å². The normalized spacial score (nSPS) is 17.4. The SMILES string of the molecule is Clc1cnc(NCCN2CCCCCC2)c(Br)c1. The molecular formula is C13H19BrClN3. The van der Waals surface area contributed by atoms with Crippen LogP contribution in [0.25, 0.3) is 0 Å². The Morgan fingerprint density at radius 1 is 1.28 bits per heavy atom. The molecule has 2 heterocycles. The van der Waals surface area contributed by atoms with Crippen molar-refractivity contribution in [3.8, 4) is 0 Å². The summed E-state index contributed by atoms with van der Waals surface area (Å²) in [7, 11) is 0. The number of nitrogens with one attached hydrogen (secondary N) is 1. The number of pyridine rings is 1. The first-order chi connectivity index (χ1) is 8.75. The number of anilines is 1. The summed E-state index contributed by atoms with van der Waals surface area (Å²) in [5.41, 5.74) is 0. The third-order valence-electron chi connectivity index (χ3n) is 3.23. The first-order valence-corrected chi connectivity index (χ1v) is 7.70. The van der Waals surface area contributed by atoms with Crippen molar-refractivity contribution in [3.05, 3.63) is 21.8 Å². The van der Waals surface area contributed by atoms with Crippen LogP contribution in [0.2, 0.25) is 5.02 Å². The van der Waals surface area contributed by atoms with E-state index in [1.165, 1.54) is 38.8 Å². The summed E-state index contributed by atoms with van der Waals surface area (Å²) >= 11 is 9.33. The van der Waals surface area contributed by atoms with Gasteiger partial charge >= 0.3 is 0 Å². The lowest BCUT2D eigenvalue weighted by molar-refractivity contribution is 0.296. The van der Waals surface area contributed by atoms with Crippen molar-refractivity contribution in [2.24, 2.45) is 0 Å². The summed E-state index contributed by atoms with van der Waals surface area (Å²) in [6.45, 7) is 4.47. The lowest BCUT2D eigenvalue weighted by atomic mass is 10.2. The van der Waals surface area contributed by atoms with Crippen LogP contribution in [0, 0.1) is 0 Å². The standard InChI is InChI=1S/C13H19BrClN3/c14-12-9-11(15)10-17-13(12)16-5-8-18-6-3-1-2-4-7-18/h9-10H,1-8H2,(H,16,17). The van der Waals surface area contributed by atoms with Crippen molar-refractivity contribution in [2.75, 3.05) is 31.5 Å². The van der Waals surface area contributed by atoms with E-state index in [-0.39, 0.29) is 0 Å². The highest BCUT2D eigenvalue weighted by molar-refractivity contribution is 9.10. The van der Waals surface area contributed by atoms with Gasteiger partial charge in [-0.1, -0.05) is 24.4 Å². The van der Waals surface area contributed by atoms with Gasteiger partial charge in [0.1, 0.15) is 5.82 Å². The van der Waals surface area contributed by atoms with Crippen molar-refractivity contribution in [1.82, 2.24) is 9.88 Å². The van der Waals surface area contributed by atoms with Crippen LogP contribution < -0.4 is 5.32 Å². The minimum absolute atomic E-state index is 0.653. The van der Waals surface area contributed by atoms with Crippen LogP contribution in [0.5, 0.6) is 0 Å². The van der Waals surface area contributed by atoms with Crippen molar-refractivity contribution in [1.29, 1.82) is 0 Å². The molecule has 3 nitrogen and oxygen atoms in total. The monoisotopic (exact) mass is 331 g/mol. The maximum Gasteiger partial charge on any atom is 0.140 e. The molecule has 0 atom stereocenters. The average Bonchev–Trinajstić information content (AvgIpc) is 2.60. The molecule has 1 aliphatic rings. The van der Waals surface area contributed by atoms with E-state index < -0.39 is 0 Å². The Morgan fingerprint density at radius 2 is 2.00 bits per heavy atom. The summed E-state index contributed by atoms with van der Waals surface area (Å²) in [6, 6.07) is 1.86. The maximum atomic E-state index is 5.86. The number of hydrogen-bond acceptors (Lipinski definition) is 3. The first-order valence-electron chi connectivity index (χ1n) is 6.53. The third-order valence-corrected chi connectivity index (χ3v) is 4.04. The van der Waals surface area contributed by atoms with Crippen LogP contribution in [-0.2, 0) is 0 Å². The van der Waals surface area contributed by atoms with E-state index in [1.807, 2.05) is 6.07 Å². The van der Waals surface area contributed by atoms with Crippen molar-refractivity contribution >= 4 is 33.3 Å². The third kappa shape index (κ3) is 4.41. The smallest absolute Gasteiger partial charge is 0.140 e. The molecule has 18 heavy (non-hydrogen) atoms. The number of aromatic nitrogens is 1. The number of rotatable bonds is 4. The molecule has 0 aliphatic carbocycles. The highest BCUT2D eigenvalue weighted by atomic mass is 79.9. The Bertz CT molecular complexity index is 378. The number of nitrogens with zero attached hydrogens (tertiary/aromatic N) is 2. The lowest BCUT2D eigenvalue weighted by Crippen LogP contribution is -2.30. The van der Waals surface area contributed by atoms with Crippen molar-refractivity contribution in [3.63, 3.8) is 0 Å². The molecule has 0 bridgehead atoms. The minimum Gasteiger partial charge on any atom is -0.368 e. The van der Waals surface area contributed by atoms with Gasteiger partial charge in [-0.15, -0.1) is 0 Å². The summed E-state index contributed by atoms with van der Waals surface area (Å²) in [6.07, 6.45) is 7.11. The Hall–Kier alpha value is -0.320. The molecule has 1 aromatic heterocycles. The largest absolute Gasteiger partial charge is 0.368 e. The summed E-state index contributed by atoms with van der Waals surface area (Å²) < 4.78 is 0.922. The molecule has 0 spiro atoms. The van der Waals surface area contributed by atoms with E-state index in [4.69, 9.17) is 11.6 Å². The Labute approximate surface area is 122 Å². The summed E-state index contributed by atoms with van der Waals surface area (Å²) in [5, 5.41) is 4.00. The fourth-order valence-electron chi connectivity index (χ4n) is 2.24. The first kappa shape index (κ1) is 14.1. The molecule has 1 fully saturated rings. The molecule has 1 saturated heterocycles. The number of likely N-dealkylation sites (tertiary alicyclic amines) is 1. The lowest BCUT2D eigenvalue weighted by Gasteiger charge is -2.20. The van der Waals surface area contributed by atoms with E-state index >= 15 is 0 Å². The second-order valence-electron chi connectivity index (χ2n) is 4.67. The molecule has 1 aliphatic heterocycles. The molecule has 0 aromatic carbocycles. The van der Waals surface area contributed by atoms with Gasteiger partial charge in [0.2, 0.25) is 0 Å². The highest BCUT2D eigenvalue weighted by Gasteiger charge is 2.08. The molecule has 0 unspecified atom stereocenters. The van der Waals surface area contributed by atoms with Gasteiger partial charge in [0.15, 0.2) is 0 Å². The van der Waals surface area contributed by atoms with E-state index in [1.54, 1.807) is 6.20 Å². The van der Waals surface area contributed by atoms with Gasteiger partial charge in [-0.2, -0.15) is 0 Å². The van der Waals surface area contributed by atoms with Crippen LogP contribution in [0.3, 0.4) is 0 Å². The van der Waals surface area contributed by atoms with Gasteiger partial charge in [0.05, 0.1) is 9.50 Å². The number of hydrogen-bond donors (Lipinski definition) is 1. The zero-order valence-corrected chi connectivity index (χ0v) is 12.8. The van der Waals surface area contributed by atoms with Gasteiger partial charge in [0.25, 0.3) is 0 Å². The maximum absolute atomic E-state index is 5.86. The highest BCUT2D eigenvalue weighted by Crippen LogP contribution is 2.22. The van der Waals surface area contributed by atoms with E-state index in [0.29, 0.717) is 5.02 Å². The molecule has 2 rings (SSSR count). The minimum atomic E-state index is 0.653. The van der Waals surface area contributed by atoms with Crippen molar-refractivity contribution in [2.45, 2.75) is 25.7 Å². The second kappa shape index (κ2) is 7.31. The average molecular weight is 333 g/mol. The quantitative estimate of drug-likeness (QED) is 0.909. The molecule has 1 N–H and O–H groups in total. The van der Waals surface area contributed by atoms with Crippen molar-refractivity contribution < 1.29 is 0 Å². The van der Waals surface area contributed by atoms with E-state index in [2.05, 4.69) is 31.1 Å². The Balaban J connectivity index is 1.77. The Morgan fingerprint density at radius 3 is 2.67 bits per heavy atom. The molecule has 0 amide bonds. The summed E-state index contributed by atoms with van der Waals surface area (Å²) in [5.74, 6) is 0.870. The zero-order valence-electron chi connectivity index (χ0n) is 10.5. The van der Waals surface area contributed by atoms with E-state index in [9.17, 15) is 0 Å². The molecule has 1 aromatic rings. The van der Waals surface area contributed by atoms with Crippen LogP contribution in [0.4, 0.5) is 5.82 Å². The van der Waals surface area contributed by atoms with Gasteiger partial charge in [-0.05, 0) is 47.9 Å². The predicted octanol–water partition coefficient (Wildman–Crippen LogP) is 3.79. The molecular weight excluding hydrogens is 314 g/mol. The molecule has 5 heteroatoms. The van der Waals surface area contributed by atoms with Crippen LogP contribution in [0.15, 0.2) is 16.7 Å². The predicted molar refractivity (Wildman–Crippen MR) is 80.3 cm³/mol. The summed E-state index contributed by atoms with van der Waals surface area (Å²) in [4.78, 5) is 6.80. The van der Waals surface area contributed by atoms with Crippen LogP contribution in [0.1, 0.15) is 25.7 Å². The fourth-order valence-corrected chi connectivity index (χ4v) is 3.02. The van der Waals surface area contributed by atoms with E-state index in [0.717, 1.165) is 23.4 Å². The fraction of sp³-hybridized carbons (Fsp3) is 0.615. The molecule has 0 radical (unpaired) electrons. The Kier molecular flexibility index (Phi) is 5.73. The zero-order chi connectivity index (χ0) is 12.8. The van der Waals surface area contributed by atoms with Crippen LogP contribution in [-0.4, -0.2) is 36.1 Å².